The molecule has 0 aromatic carbocycles. The third-order valence-corrected chi connectivity index (χ3v) is 3.22. The van der Waals surface area contributed by atoms with E-state index in [2.05, 4.69) is 16.4 Å². The van der Waals surface area contributed by atoms with Crippen molar-refractivity contribution in [3.63, 3.8) is 0 Å². The van der Waals surface area contributed by atoms with Gasteiger partial charge >= 0.3 is 0 Å². The Morgan fingerprint density at radius 1 is 1.38 bits per heavy atom. The number of hydrogen-bond donors (Lipinski definition) is 1. The summed E-state index contributed by atoms with van der Waals surface area (Å²) in [7, 11) is 1.98. The lowest BCUT2D eigenvalue weighted by Crippen LogP contribution is -2.19. The Kier molecular flexibility index (Phi) is 4.31. The van der Waals surface area contributed by atoms with Crippen molar-refractivity contribution in [1.82, 2.24) is 10.3 Å². The molecule has 88 valence electrons. The summed E-state index contributed by atoms with van der Waals surface area (Å²) >= 11 is 0. The van der Waals surface area contributed by atoms with Crippen molar-refractivity contribution in [2.75, 3.05) is 20.3 Å². The summed E-state index contributed by atoms with van der Waals surface area (Å²) < 4.78 is 5.39. The second kappa shape index (κ2) is 5.97. The molecule has 1 saturated heterocycles. The molecule has 1 aromatic heterocycles. The number of rotatable bonds is 4. The summed E-state index contributed by atoms with van der Waals surface area (Å²) in [6.45, 7) is 2.78. The molecule has 1 aromatic rings. The quantitative estimate of drug-likeness (QED) is 0.839. The van der Waals surface area contributed by atoms with Crippen LogP contribution >= 0.6 is 0 Å². The fourth-order valence-corrected chi connectivity index (χ4v) is 2.26. The lowest BCUT2D eigenvalue weighted by molar-refractivity contribution is 0.0664. The molecule has 1 aliphatic rings. The van der Waals surface area contributed by atoms with Crippen LogP contribution in [-0.4, -0.2) is 25.2 Å². The predicted molar refractivity (Wildman–Crippen MR) is 64.2 cm³/mol. The van der Waals surface area contributed by atoms with Crippen LogP contribution in [0.25, 0.3) is 0 Å². The number of hydrogen-bond acceptors (Lipinski definition) is 3. The van der Waals surface area contributed by atoms with Crippen molar-refractivity contribution in [3.8, 4) is 0 Å². The van der Waals surface area contributed by atoms with E-state index >= 15 is 0 Å². The molecule has 3 heteroatoms. The number of aromatic nitrogens is 1. The van der Waals surface area contributed by atoms with Gasteiger partial charge in [0.15, 0.2) is 0 Å². The van der Waals surface area contributed by atoms with Crippen molar-refractivity contribution in [2.45, 2.75) is 25.8 Å². The number of ether oxygens (including phenoxy) is 1. The van der Waals surface area contributed by atoms with E-state index in [1.54, 1.807) is 0 Å². The molecule has 0 atom stereocenters. The minimum atomic E-state index is 0.772. The highest BCUT2D eigenvalue weighted by Gasteiger charge is 2.15. The Morgan fingerprint density at radius 3 is 2.94 bits per heavy atom. The van der Waals surface area contributed by atoms with Crippen molar-refractivity contribution in [3.05, 3.63) is 29.6 Å². The molecule has 3 nitrogen and oxygen atoms in total. The van der Waals surface area contributed by atoms with E-state index < -0.39 is 0 Å². The molecule has 0 unspecified atom stereocenters. The third-order valence-electron chi connectivity index (χ3n) is 3.22. The van der Waals surface area contributed by atoms with Gasteiger partial charge in [-0.25, -0.2) is 0 Å². The van der Waals surface area contributed by atoms with Crippen molar-refractivity contribution in [1.29, 1.82) is 0 Å². The maximum Gasteiger partial charge on any atom is 0.0468 e. The zero-order chi connectivity index (χ0) is 11.2. The highest BCUT2D eigenvalue weighted by Crippen LogP contribution is 2.21. The van der Waals surface area contributed by atoms with Gasteiger partial charge in [0, 0.05) is 32.2 Å². The molecule has 2 rings (SSSR count). The standard InChI is InChI=1S/C13H20N2O/c1-14-9-12-2-5-15-10-13(12)8-11-3-6-16-7-4-11/h2,5,10-11,14H,3-4,6-9H2,1H3. The zero-order valence-electron chi connectivity index (χ0n) is 9.91. The van der Waals surface area contributed by atoms with Crippen LogP contribution in [0.1, 0.15) is 24.0 Å². The van der Waals surface area contributed by atoms with Crippen LogP contribution in [0.5, 0.6) is 0 Å². The fraction of sp³-hybridized carbons (Fsp3) is 0.615. The molecule has 1 fully saturated rings. The molecule has 0 spiro atoms. The summed E-state index contributed by atoms with van der Waals surface area (Å²) in [6, 6.07) is 2.12. The molecule has 0 aliphatic carbocycles. The number of nitrogens with zero attached hydrogens (tertiary/aromatic N) is 1. The average Bonchev–Trinajstić information content (AvgIpc) is 2.33. The van der Waals surface area contributed by atoms with Gasteiger partial charge in [-0.2, -0.15) is 0 Å². The zero-order valence-corrected chi connectivity index (χ0v) is 9.91. The van der Waals surface area contributed by atoms with Gasteiger partial charge in [-0.05, 0) is 49.4 Å². The lowest BCUT2D eigenvalue weighted by atomic mass is 9.91. The summed E-state index contributed by atoms with van der Waals surface area (Å²) in [5.41, 5.74) is 2.77. The Bertz CT molecular complexity index is 321. The van der Waals surface area contributed by atoms with Crippen LogP contribution in [0.2, 0.25) is 0 Å². The van der Waals surface area contributed by atoms with Crippen LogP contribution in [0.15, 0.2) is 18.5 Å². The van der Waals surface area contributed by atoms with Gasteiger partial charge in [0.25, 0.3) is 0 Å². The molecule has 0 saturated carbocycles. The van der Waals surface area contributed by atoms with Gasteiger partial charge in [0.05, 0.1) is 0 Å². The highest BCUT2D eigenvalue weighted by atomic mass is 16.5. The van der Waals surface area contributed by atoms with Crippen LogP contribution < -0.4 is 5.32 Å². The third kappa shape index (κ3) is 3.03. The monoisotopic (exact) mass is 220 g/mol. The van der Waals surface area contributed by atoms with Gasteiger partial charge in [-0.3, -0.25) is 4.98 Å². The average molecular weight is 220 g/mol. The molecule has 1 N–H and O–H groups in total. The minimum Gasteiger partial charge on any atom is -0.381 e. The van der Waals surface area contributed by atoms with E-state index in [1.807, 2.05) is 19.4 Å². The second-order valence-electron chi connectivity index (χ2n) is 4.43. The molecule has 16 heavy (non-hydrogen) atoms. The summed E-state index contributed by atoms with van der Waals surface area (Å²) in [5.74, 6) is 0.772. The van der Waals surface area contributed by atoms with E-state index in [4.69, 9.17) is 4.74 Å². The van der Waals surface area contributed by atoms with Gasteiger partial charge in [-0.15, -0.1) is 0 Å². The van der Waals surface area contributed by atoms with Crippen molar-refractivity contribution in [2.24, 2.45) is 5.92 Å². The Morgan fingerprint density at radius 2 is 2.19 bits per heavy atom. The summed E-state index contributed by atoms with van der Waals surface area (Å²) in [4.78, 5) is 4.23. The van der Waals surface area contributed by atoms with Crippen LogP contribution in [0.4, 0.5) is 0 Å². The van der Waals surface area contributed by atoms with E-state index in [1.165, 1.54) is 24.0 Å². The molecule has 0 radical (unpaired) electrons. The molecule has 2 heterocycles. The summed E-state index contributed by atoms with van der Waals surface area (Å²) in [6.07, 6.45) is 7.41. The van der Waals surface area contributed by atoms with Gasteiger partial charge in [-0.1, -0.05) is 0 Å². The maximum absolute atomic E-state index is 5.39. The molecular weight excluding hydrogens is 200 g/mol. The van der Waals surface area contributed by atoms with Crippen molar-refractivity contribution >= 4 is 0 Å². The SMILES string of the molecule is CNCc1ccncc1CC1CCOCC1. The lowest BCUT2D eigenvalue weighted by Gasteiger charge is -2.22. The second-order valence-corrected chi connectivity index (χ2v) is 4.43. The molecular formula is C13H20N2O. The molecule has 1 aliphatic heterocycles. The van der Waals surface area contributed by atoms with E-state index in [-0.39, 0.29) is 0 Å². The first kappa shape index (κ1) is 11.6. The fourth-order valence-electron chi connectivity index (χ4n) is 2.26. The van der Waals surface area contributed by atoms with Crippen LogP contribution in [0, 0.1) is 5.92 Å². The number of pyridine rings is 1. The van der Waals surface area contributed by atoms with Crippen LogP contribution in [0.3, 0.4) is 0 Å². The predicted octanol–water partition coefficient (Wildman–Crippen LogP) is 1.77. The van der Waals surface area contributed by atoms with E-state index in [9.17, 15) is 0 Å². The first-order valence-electron chi connectivity index (χ1n) is 6.04. The van der Waals surface area contributed by atoms with E-state index in [0.717, 1.165) is 32.1 Å². The highest BCUT2D eigenvalue weighted by molar-refractivity contribution is 5.23. The molecule has 0 amide bonds. The normalized spacial score (nSPS) is 17.6. The molecule has 0 bridgehead atoms. The smallest absolute Gasteiger partial charge is 0.0468 e. The topological polar surface area (TPSA) is 34.2 Å². The van der Waals surface area contributed by atoms with Gasteiger partial charge < -0.3 is 10.1 Å². The first-order chi connectivity index (χ1) is 7.90. The number of nitrogens with one attached hydrogen (secondary N) is 1. The largest absolute Gasteiger partial charge is 0.381 e. The first-order valence-corrected chi connectivity index (χ1v) is 6.04. The maximum atomic E-state index is 5.39. The Hall–Kier alpha value is -0.930. The van der Waals surface area contributed by atoms with Gasteiger partial charge in [0.2, 0.25) is 0 Å². The Balaban J connectivity index is 2.01. The van der Waals surface area contributed by atoms with Crippen molar-refractivity contribution < 1.29 is 4.74 Å². The van der Waals surface area contributed by atoms with Crippen LogP contribution in [-0.2, 0) is 17.7 Å². The van der Waals surface area contributed by atoms with E-state index in [0.29, 0.717) is 0 Å². The summed E-state index contributed by atoms with van der Waals surface area (Å²) in [5, 5.41) is 3.21. The Labute approximate surface area is 97.2 Å². The van der Waals surface area contributed by atoms with Gasteiger partial charge in [0.1, 0.15) is 0 Å². The minimum absolute atomic E-state index is 0.772.